The highest BCUT2D eigenvalue weighted by Crippen LogP contribution is 2.19. The molecule has 2 rings (SSSR count). The Bertz CT molecular complexity index is 411. The van der Waals surface area contributed by atoms with Gasteiger partial charge in [-0.15, -0.1) is 0 Å². The first-order chi connectivity index (χ1) is 8.63. The summed E-state index contributed by atoms with van der Waals surface area (Å²) in [4.78, 5) is 4.62. The van der Waals surface area contributed by atoms with Crippen LogP contribution >= 0.6 is 11.8 Å². The summed E-state index contributed by atoms with van der Waals surface area (Å²) < 4.78 is 1.84. The summed E-state index contributed by atoms with van der Waals surface area (Å²) in [7, 11) is 1.94. The maximum atomic E-state index is 4.62. The number of thioether (sulfide) groups is 1. The Labute approximate surface area is 113 Å². The number of hydrogen-bond donors (Lipinski definition) is 1. The molecule has 1 fully saturated rings. The molecule has 1 aliphatic heterocycles. The highest BCUT2D eigenvalue weighted by Gasteiger charge is 2.20. The summed E-state index contributed by atoms with van der Waals surface area (Å²) in [5.41, 5.74) is 1.25. The highest BCUT2D eigenvalue weighted by atomic mass is 32.2. The maximum Gasteiger partial charge on any atom is 0.156 e. The van der Waals surface area contributed by atoms with Gasteiger partial charge in [-0.1, -0.05) is 25.6 Å². The first-order valence-electron chi connectivity index (χ1n) is 6.55. The zero-order chi connectivity index (χ0) is 13.0. The van der Waals surface area contributed by atoms with Crippen LogP contribution in [-0.2, 0) is 13.5 Å². The molecule has 1 aromatic heterocycles. The van der Waals surface area contributed by atoms with Crippen molar-refractivity contribution in [2.24, 2.45) is 18.0 Å². The van der Waals surface area contributed by atoms with E-state index >= 15 is 0 Å². The van der Waals surface area contributed by atoms with Crippen molar-refractivity contribution in [3.05, 3.63) is 18.0 Å². The van der Waals surface area contributed by atoms with Crippen molar-refractivity contribution in [3.8, 4) is 0 Å². The summed E-state index contributed by atoms with van der Waals surface area (Å²) in [5, 5.41) is 8.78. The maximum absolute atomic E-state index is 4.62. The molecule has 0 aliphatic carbocycles. The Balaban J connectivity index is 1.74. The van der Waals surface area contributed by atoms with Gasteiger partial charge in [0, 0.05) is 31.6 Å². The summed E-state index contributed by atoms with van der Waals surface area (Å²) in [6.07, 6.45) is 6.16. The molecule has 1 N–H and O–H groups in total. The fourth-order valence-electron chi connectivity index (χ4n) is 2.11. The minimum atomic E-state index is 0.604. The SMILES string of the molecule is CC(C)CC1CSC(=NCCc2cnn(C)c2)N1. The molecule has 18 heavy (non-hydrogen) atoms. The third-order valence-electron chi connectivity index (χ3n) is 2.92. The molecule has 0 radical (unpaired) electrons. The lowest BCUT2D eigenvalue weighted by molar-refractivity contribution is 0.502. The normalized spacial score (nSPS) is 21.8. The minimum Gasteiger partial charge on any atom is -0.361 e. The van der Waals surface area contributed by atoms with E-state index in [-0.39, 0.29) is 0 Å². The molecule has 4 nitrogen and oxygen atoms in total. The second-order valence-electron chi connectivity index (χ2n) is 5.24. The molecular weight excluding hydrogens is 244 g/mol. The number of hydrogen-bond acceptors (Lipinski definition) is 3. The first kappa shape index (κ1) is 13.5. The van der Waals surface area contributed by atoms with E-state index in [1.54, 1.807) is 0 Å². The molecular formula is C13H22N4S. The average Bonchev–Trinajstić information content (AvgIpc) is 2.88. The van der Waals surface area contributed by atoms with E-state index in [9.17, 15) is 0 Å². The first-order valence-corrected chi connectivity index (χ1v) is 7.53. The Hall–Kier alpha value is -0.970. The largest absolute Gasteiger partial charge is 0.361 e. The summed E-state index contributed by atoms with van der Waals surface area (Å²) in [6, 6.07) is 0.604. The minimum absolute atomic E-state index is 0.604. The van der Waals surface area contributed by atoms with Gasteiger partial charge < -0.3 is 5.32 Å². The van der Waals surface area contributed by atoms with E-state index < -0.39 is 0 Å². The van der Waals surface area contributed by atoms with E-state index in [2.05, 4.69) is 35.5 Å². The van der Waals surface area contributed by atoms with Gasteiger partial charge >= 0.3 is 0 Å². The van der Waals surface area contributed by atoms with Crippen LogP contribution in [0.3, 0.4) is 0 Å². The quantitative estimate of drug-likeness (QED) is 0.887. The zero-order valence-corrected chi connectivity index (χ0v) is 12.2. The van der Waals surface area contributed by atoms with E-state index in [0.717, 1.165) is 29.8 Å². The third kappa shape index (κ3) is 4.05. The van der Waals surface area contributed by atoms with Gasteiger partial charge in [-0.25, -0.2) is 0 Å². The summed E-state index contributed by atoms with van der Waals surface area (Å²) in [5.74, 6) is 1.90. The molecule has 1 aliphatic rings. The Morgan fingerprint density at radius 2 is 2.44 bits per heavy atom. The molecule has 5 heteroatoms. The van der Waals surface area contributed by atoms with Crippen LogP contribution in [0.1, 0.15) is 25.8 Å². The van der Waals surface area contributed by atoms with Crippen LogP contribution in [-0.4, -0.2) is 33.3 Å². The number of rotatable bonds is 5. The lowest BCUT2D eigenvalue weighted by Gasteiger charge is -2.11. The average molecular weight is 266 g/mol. The van der Waals surface area contributed by atoms with Crippen LogP contribution in [0, 0.1) is 5.92 Å². The van der Waals surface area contributed by atoms with Crippen LogP contribution < -0.4 is 5.32 Å². The van der Waals surface area contributed by atoms with Crippen molar-refractivity contribution in [1.82, 2.24) is 15.1 Å². The topological polar surface area (TPSA) is 42.2 Å². The molecule has 1 saturated heterocycles. The lowest BCUT2D eigenvalue weighted by atomic mass is 10.1. The number of nitrogens with zero attached hydrogens (tertiary/aromatic N) is 3. The smallest absolute Gasteiger partial charge is 0.156 e. The lowest BCUT2D eigenvalue weighted by Crippen LogP contribution is -2.28. The predicted molar refractivity (Wildman–Crippen MR) is 78.1 cm³/mol. The highest BCUT2D eigenvalue weighted by molar-refractivity contribution is 8.14. The molecule has 1 atom stereocenters. The van der Waals surface area contributed by atoms with Crippen molar-refractivity contribution >= 4 is 16.9 Å². The predicted octanol–water partition coefficient (Wildman–Crippen LogP) is 2.07. The fourth-order valence-corrected chi connectivity index (χ4v) is 3.12. The molecule has 0 saturated carbocycles. The molecule has 0 aromatic carbocycles. The Morgan fingerprint density at radius 3 is 3.11 bits per heavy atom. The van der Waals surface area contributed by atoms with E-state index in [1.807, 2.05) is 29.7 Å². The van der Waals surface area contributed by atoms with Crippen LogP contribution in [0.4, 0.5) is 0 Å². The second kappa shape index (κ2) is 6.27. The van der Waals surface area contributed by atoms with E-state index in [1.165, 1.54) is 12.0 Å². The molecule has 1 aromatic rings. The number of nitrogens with one attached hydrogen (secondary N) is 1. The van der Waals surface area contributed by atoms with Gasteiger partial charge in [0.1, 0.15) is 0 Å². The van der Waals surface area contributed by atoms with E-state index in [0.29, 0.717) is 6.04 Å². The zero-order valence-electron chi connectivity index (χ0n) is 11.4. The van der Waals surface area contributed by atoms with Crippen LogP contribution in [0.15, 0.2) is 17.4 Å². The molecule has 2 heterocycles. The van der Waals surface area contributed by atoms with Crippen molar-refractivity contribution in [1.29, 1.82) is 0 Å². The second-order valence-corrected chi connectivity index (χ2v) is 6.25. The fraction of sp³-hybridized carbons (Fsp3) is 0.692. The number of aliphatic imine (C=N–C) groups is 1. The van der Waals surface area contributed by atoms with Crippen molar-refractivity contribution in [2.45, 2.75) is 32.7 Å². The number of amidine groups is 1. The molecule has 1 unspecified atom stereocenters. The van der Waals surface area contributed by atoms with Gasteiger partial charge in [-0.3, -0.25) is 9.67 Å². The Morgan fingerprint density at radius 1 is 1.61 bits per heavy atom. The monoisotopic (exact) mass is 266 g/mol. The van der Waals surface area contributed by atoms with Gasteiger partial charge in [0.05, 0.1) is 6.20 Å². The van der Waals surface area contributed by atoms with Crippen LogP contribution in [0.2, 0.25) is 0 Å². The molecule has 0 bridgehead atoms. The number of aromatic nitrogens is 2. The van der Waals surface area contributed by atoms with Gasteiger partial charge in [-0.2, -0.15) is 5.10 Å². The molecule has 0 spiro atoms. The number of aryl methyl sites for hydroxylation is 1. The van der Waals surface area contributed by atoms with Crippen LogP contribution in [0.25, 0.3) is 0 Å². The van der Waals surface area contributed by atoms with Crippen molar-refractivity contribution < 1.29 is 0 Å². The standard InChI is InChI=1S/C13H22N4S/c1-10(2)6-12-9-18-13(16-12)14-5-4-11-7-15-17(3)8-11/h7-8,10,12H,4-6,9H2,1-3H3,(H,14,16). The molecule has 0 amide bonds. The van der Waals surface area contributed by atoms with Gasteiger partial charge in [-0.05, 0) is 24.3 Å². The Kier molecular flexibility index (Phi) is 4.69. The van der Waals surface area contributed by atoms with E-state index in [4.69, 9.17) is 0 Å². The van der Waals surface area contributed by atoms with Crippen LogP contribution in [0.5, 0.6) is 0 Å². The third-order valence-corrected chi connectivity index (χ3v) is 4.01. The van der Waals surface area contributed by atoms with Gasteiger partial charge in [0.25, 0.3) is 0 Å². The van der Waals surface area contributed by atoms with Crippen molar-refractivity contribution in [2.75, 3.05) is 12.3 Å². The summed E-state index contributed by atoms with van der Waals surface area (Å²) >= 11 is 1.85. The summed E-state index contributed by atoms with van der Waals surface area (Å²) in [6.45, 7) is 5.38. The van der Waals surface area contributed by atoms with Gasteiger partial charge in [0.15, 0.2) is 5.17 Å². The molecule has 100 valence electrons. The van der Waals surface area contributed by atoms with Gasteiger partial charge in [0.2, 0.25) is 0 Å². The van der Waals surface area contributed by atoms with Crippen molar-refractivity contribution in [3.63, 3.8) is 0 Å².